The first-order chi connectivity index (χ1) is 17.1. The molecule has 0 saturated carbocycles. The standard InChI is InChI=1S/C24H18F5N5O2/c1-31-9-15-8-16(4-5-17(15)30)34-11-14-3-7-19(36-12-24(27,28)29)33-21(14)20(23(34)35)13-2-6-18(22(25)26)32-10-13/h2-11,22H,12,30H2,1H3. The van der Waals surface area contributed by atoms with E-state index in [9.17, 15) is 26.7 Å². The predicted octanol–water partition coefficient (Wildman–Crippen LogP) is 4.96. The minimum absolute atomic E-state index is 0.0216. The Morgan fingerprint density at radius 2 is 1.94 bits per heavy atom. The van der Waals surface area contributed by atoms with Gasteiger partial charge in [0.05, 0.1) is 11.1 Å². The summed E-state index contributed by atoms with van der Waals surface area (Å²) in [5.74, 6) is -0.357. The second kappa shape index (κ2) is 9.72. The first-order valence-electron chi connectivity index (χ1n) is 10.4. The van der Waals surface area contributed by atoms with E-state index in [1.807, 2.05) is 0 Å². The monoisotopic (exact) mass is 503 g/mol. The predicted molar refractivity (Wildman–Crippen MR) is 125 cm³/mol. The van der Waals surface area contributed by atoms with Gasteiger partial charge in [0, 0.05) is 59.6 Å². The van der Waals surface area contributed by atoms with Crippen molar-refractivity contribution in [3.8, 4) is 22.7 Å². The summed E-state index contributed by atoms with van der Waals surface area (Å²) < 4.78 is 70.0. The van der Waals surface area contributed by atoms with Crippen molar-refractivity contribution >= 4 is 22.8 Å². The van der Waals surface area contributed by atoms with Gasteiger partial charge < -0.3 is 10.5 Å². The van der Waals surface area contributed by atoms with Crippen LogP contribution in [0.2, 0.25) is 0 Å². The zero-order valence-corrected chi connectivity index (χ0v) is 18.6. The van der Waals surface area contributed by atoms with Gasteiger partial charge >= 0.3 is 6.18 Å². The third-order valence-electron chi connectivity index (χ3n) is 5.14. The van der Waals surface area contributed by atoms with Crippen LogP contribution >= 0.6 is 0 Å². The Hall–Kier alpha value is -4.35. The fourth-order valence-electron chi connectivity index (χ4n) is 3.51. The number of fused-ring (bicyclic) bond motifs is 1. The molecule has 4 rings (SSSR count). The summed E-state index contributed by atoms with van der Waals surface area (Å²) in [4.78, 5) is 25.4. The number of hydrogen-bond acceptors (Lipinski definition) is 6. The second-order valence-electron chi connectivity index (χ2n) is 7.64. The molecule has 3 heterocycles. The summed E-state index contributed by atoms with van der Waals surface area (Å²) in [5, 5.41) is 0.379. The van der Waals surface area contributed by atoms with Crippen LogP contribution in [0.3, 0.4) is 0 Å². The van der Waals surface area contributed by atoms with E-state index in [4.69, 9.17) is 10.5 Å². The topological polar surface area (TPSA) is 95.4 Å². The van der Waals surface area contributed by atoms with E-state index in [-0.39, 0.29) is 22.5 Å². The van der Waals surface area contributed by atoms with Gasteiger partial charge in [-0.1, -0.05) is 6.07 Å². The van der Waals surface area contributed by atoms with E-state index in [0.717, 1.165) is 12.3 Å². The number of rotatable bonds is 6. The number of nitrogens with two attached hydrogens (primary N) is 1. The Labute approximate surface area is 200 Å². The number of nitrogens with zero attached hydrogens (tertiary/aromatic N) is 4. The van der Waals surface area contributed by atoms with Gasteiger partial charge in [-0.2, -0.15) is 13.2 Å². The van der Waals surface area contributed by atoms with E-state index in [1.54, 1.807) is 25.2 Å². The lowest BCUT2D eigenvalue weighted by Crippen LogP contribution is -2.22. The van der Waals surface area contributed by atoms with Crippen molar-refractivity contribution in [3.63, 3.8) is 0 Å². The summed E-state index contributed by atoms with van der Waals surface area (Å²) >= 11 is 0. The number of benzene rings is 1. The Morgan fingerprint density at radius 3 is 2.58 bits per heavy atom. The molecule has 0 fully saturated rings. The van der Waals surface area contributed by atoms with Gasteiger partial charge in [0.1, 0.15) is 5.69 Å². The number of aliphatic imine (C=N–C) groups is 1. The number of aromatic nitrogens is 3. The molecule has 186 valence electrons. The largest absolute Gasteiger partial charge is 0.468 e. The number of alkyl halides is 5. The molecular weight excluding hydrogens is 485 g/mol. The molecule has 0 atom stereocenters. The van der Waals surface area contributed by atoms with Crippen LogP contribution < -0.4 is 16.0 Å². The first kappa shape index (κ1) is 24.8. The molecule has 0 aliphatic rings. The molecule has 0 radical (unpaired) electrons. The maximum absolute atomic E-state index is 13.6. The fourth-order valence-corrected chi connectivity index (χ4v) is 3.51. The van der Waals surface area contributed by atoms with Crippen LogP contribution in [0, 0.1) is 0 Å². The van der Waals surface area contributed by atoms with E-state index in [1.165, 1.54) is 35.2 Å². The number of hydrogen-bond donors (Lipinski definition) is 1. The molecule has 0 aliphatic heterocycles. The zero-order valence-electron chi connectivity index (χ0n) is 18.6. The van der Waals surface area contributed by atoms with Gasteiger partial charge in [-0.25, -0.2) is 13.8 Å². The molecule has 2 N–H and O–H groups in total. The maximum atomic E-state index is 13.6. The number of nitrogen functional groups attached to an aromatic ring is 1. The highest BCUT2D eigenvalue weighted by molar-refractivity contribution is 5.93. The first-order valence-corrected chi connectivity index (χ1v) is 10.4. The van der Waals surface area contributed by atoms with E-state index < -0.39 is 30.5 Å². The third-order valence-corrected chi connectivity index (χ3v) is 5.14. The second-order valence-corrected chi connectivity index (χ2v) is 7.64. The van der Waals surface area contributed by atoms with E-state index in [0.29, 0.717) is 22.3 Å². The Morgan fingerprint density at radius 1 is 1.17 bits per heavy atom. The third kappa shape index (κ3) is 5.16. The van der Waals surface area contributed by atoms with Crippen molar-refractivity contribution in [2.24, 2.45) is 4.99 Å². The Kier molecular flexibility index (Phi) is 6.69. The Bertz CT molecular complexity index is 1500. The van der Waals surface area contributed by atoms with Gasteiger partial charge in [-0.15, -0.1) is 0 Å². The average molecular weight is 503 g/mol. The summed E-state index contributed by atoms with van der Waals surface area (Å²) in [6.07, 6.45) is -3.35. The van der Waals surface area contributed by atoms with Crippen LogP contribution in [0.1, 0.15) is 17.7 Å². The van der Waals surface area contributed by atoms with E-state index >= 15 is 0 Å². The molecule has 0 bridgehead atoms. The van der Waals surface area contributed by atoms with Crippen molar-refractivity contribution in [1.82, 2.24) is 14.5 Å². The number of anilines is 1. The lowest BCUT2D eigenvalue weighted by molar-refractivity contribution is -0.154. The molecule has 0 amide bonds. The van der Waals surface area contributed by atoms with Crippen molar-refractivity contribution in [1.29, 1.82) is 0 Å². The smallest absolute Gasteiger partial charge is 0.422 e. The van der Waals surface area contributed by atoms with Crippen LogP contribution in [-0.2, 0) is 0 Å². The lowest BCUT2D eigenvalue weighted by atomic mass is 10.0. The molecule has 3 aromatic heterocycles. The highest BCUT2D eigenvalue weighted by atomic mass is 19.4. The van der Waals surface area contributed by atoms with Crippen molar-refractivity contribution in [2.45, 2.75) is 12.6 Å². The highest BCUT2D eigenvalue weighted by Crippen LogP contribution is 2.29. The summed E-state index contributed by atoms with van der Waals surface area (Å²) in [6, 6.07) is 9.85. The van der Waals surface area contributed by atoms with Crippen LogP contribution in [0.15, 0.2) is 64.6 Å². The van der Waals surface area contributed by atoms with Crippen molar-refractivity contribution in [3.05, 3.63) is 76.5 Å². The summed E-state index contributed by atoms with van der Waals surface area (Å²) in [5.41, 5.74) is 6.37. The molecule has 36 heavy (non-hydrogen) atoms. The normalized spacial score (nSPS) is 12.1. The van der Waals surface area contributed by atoms with E-state index in [2.05, 4.69) is 15.0 Å². The van der Waals surface area contributed by atoms with Gasteiger partial charge in [0.15, 0.2) is 6.61 Å². The van der Waals surface area contributed by atoms with Crippen molar-refractivity contribution in [2.75, 3.05) is 19.4 Å². The summed E-state index contributed by atoms with van der Waals surface area (Å²) in [7, 11) is 1.56. The molecule has 1 aromatic carbocycles. The van der Waals surface area contributed by atoms with Crippen LogP contribution in [-0.4, -0.2) is 40.6 Å². The van der Waals surface area contributed by atoms with Crippen molar-refractivity contribution < 1.29 is 26.7 Å². The van der Waals surface area contributed by atoms with Gasteiger partial charge in [0.2, 0.25) is 5.88 Å². The van der Waals surface area contributed by atoms with Crippen LogP contribution in [0.4, 0.5) is 27.6 Å². The Balaban J connectivity index is 1.95. The quantitative estimate of drug-likeness (QED) is 0.228. The minimum atomic E-state index is -4.59. The fraction of sp³-hybridized carbons (Fsp3) is 0.167. The SMILES string of the molecule is CN=Cc1cc(-n2cc3ccc(OCC(F)(F)F)nc3c(-c3ccc(C(F)F)nc3)c2=O)ccc1N. The number of halogens is 5. The maximum Gasteiger partial charge on any atom is 0.422 e. The zero-order chi connectivity index (χ0) is 26.0. The van der Waals surface area contributed by atoms with Gasteiger partial charge in [-0.3, -0.25) is 19.3 Å². The lowest BCUT2D eigenvalue weighted by Gasteiger charge is -2.14. The van der Waals surface area contributed by atoms with Crippen LogP contribution in [0.5, 0.6) is 5.88 Å². The molecular formula is C24H18F5N5O2. The molecule has 0 aliphatic carbocycles. The van der Waals surface area contributed by atoms with Gasteiger partial charge in [-0.05, 0) is 30.3 Å². The molecule has 4 aromatic rings. The number of ether oxygens (including phenoxy) is 1. The average Bonchev–Trinajstić information content (AvgIpc) is 2.83. The number of pyridine rings is 3. The molecule has 0 spiro atoms. The molecule has 0 saturated heterocycles. The molecule has 0 unspecified atom stereocenters. The minimum Gasteiger partial charge on any atom is -0.468 e. The van der Waals surface area contributed by atoms with Crippen LogP contribution in [0.25, 0.3) is 27.7 Å². The van der Waals surface area contributed by atoms with Gasteiger partial charge in [0.25, 0.3) is 12.0 Å². The summed E-state index contributed by atoms with van der Waals surface area (Å²) in [6.45, 7) is -1.57. The molecule has 12 heteroatoms. The highest BCUT2D eigenvalue weighted by Gasteiger charge is 2.29. The molecule has 7 nitrogen and oxygen atoms in total.